The molecule has 0 radical (unpaired) electrons. The van der Waals surface area contributed by atoms with Crippen molar-refractivity contribution in [3.05, 3.63) is 27.1 Å². The lowest BCUT2D eigenvalue weighted by molar-refractivity contribution is -0.380. The third-order valence-corrected chi connectivity index (χ3v) is 3.94. The molecule has 1 aromatic heterocycles. The maximum Gasteiger partial charge on any atom is 0.324 e. The topological polar surface area (TPSA) is 64.4 Å². The van der Waals surface area contributed by atoms with Crippen molar-refractivity contribution in [1.82, 2.24) is 5.32 Å². The van der Waals surface area contributed by atoms with Gasteiger partial charge in [-0.3, -0.25) is 10.1 Å². The second-order valence-electron chi connectivity index (χ2n) is 4.18. The Morgan fingerprint density at radius 1 is 1.47 bits per heavy atom. The standard InChI is InChI=1S/C11H16N2O3S/c14-13(15)11-2-1-10(17-11)8-12-7-9-3-5-16-6-4-9/h1-2,9,12H,3-8H2. The van der Waals surface area contributed by atoms with Crippen LogP contribution in [0.1, 0.15) is 17.7 Å². The van der Waals surface area contributed by atoms with Crippen molar-refractivity contribution in [2.24, 2.45) is 5.92 Å². The summed E-state index contributed by atoms with van der Waals surface area (Å²) in [5.41, 5.74) is 0. The van der Waals surface area contributed by atoms with Crippen LogP contribution in [0.25, 0.3) is 0 Å². The van der Waals surface area contributed by atoms with Crippen molar-refractivity contribution in [2.45, 2.75) is 19.4 Å². The Morgan fingerprint density at radius 2 is 2.24 bits per heavy atom. The second kappa shape index (κ2) is 6.09. The number of hydrogen-bond acceptors (Lipinski definition) is 5. The van der Waals surface area contributed by atoms with Crippen molar-refractivity contribution in [3.8, 4) is 0 Å². The van der Waals surface area contributed by atoms with Crippen LogP contribution in [-0.2, 0) is 11.3 Å². The number of nitrogens with zero attached hydrogens (tertiary/aromatic N) is 1. The van der Waals surface area contributed by atoms with E-state index < -0.39 is 0 Å². The average molecular weight is 256 g/mol. The molecule has 2 heterocycles. The molecule has 1 aliphatic heterocycles. The molecule has 0 saturated carbocycles. The first-order chi connectivity index (χ1) is 8.25. The first-order valence-electron chi connectivity index (χ1n) is 5.77. The molecule has 1 aromatic rings. The number of thiophene rings is 1. The van der Waals surface area contributed by atoms with Crippen LogP contribution in [0.15, 0.2) is 12.1 Å². The Morgan fingerprint density at radius 3 is 2.88 bits per heavy atom. The van der Waals surface area contributed by atoms with E-state index in [0.29, 0.717) is 5.92 Å². The van der Waals surface area contributed by atoms with Gasteiger partial charge in [0.2, 0.25) is 0 Å². The van der Waals surface area contributed by atoms with Crippen LogP contribution >= 0.6 is 11.3 Å². The van der Waals surface area contributed by atoms with Crippen LogP contribution in [-0.4, -0.2) is 24.7 Å². The summed E-state index contributed by atoms with van der Waals surface area (Å²) < 4.78 is 5.29. The third-order valence-electron chi connectivity index (χ3n) is 2.90. The van der Waals surface area contributed by atoms with E-state index in [0.717, 1.165) is 44.0 Å². The van der Waals surface area contributed by atoms with Crippen LogP contribution in [0.3, 0.4) is 0 Å². The minimum Gasteiger partial charge on any atom is -0.381 e. The summed E-state index contributed by atoms with van der Waals surface area (Å²) in [6.45, 7) is 3.40. The van der Waals surface area contributed by atoms with E-state index in [1.54, 1.807) is 6.07 Å². The van der Waals surface area contributed by atoms with E-state index in [2.05, 4.69) is 5.32 Å². The molecule has 5 nitrogen and oxygen atoms in total. The fraction of sp³-hybridized carbons (Fsp3) is 0.636. The van der Waals surface area contributed by atoms with Crippen LogP contribution in [0, 0.1) is 16.0 Å². The molecule has 17 heavy (non-hydrogen) atoms. The fourth-order valence-corrected chi connectivity index (χ4v) is 2.70. The van der Waals surface area contributed by atoms with Crippen molar-refractivity contribution in [3.63, 3.8) is 0 Å². The number of rotatable bonds is 5. The smallest absolute Gasteiger partial charge is 0.324 e. The summed E-state index contributed by atoms with van der Waals surface area (Å²) in [4.78, 5) is 11.2. The summed E-state index contributed by atoms with van der Waals surface area (Å²) in [7, 11) is 0. The average Bonchev–Trinajstić information content (AvgIpc) is 2.79. The lowest BCUT2D eigenvalue weighted by Crippen LogP contribution is -2.27. The summed E-state index contributed by atoms with van der Waals surface area (Å²) in [5, 5.41) is 14.1. The van der Waals surface area contributed by atoms with E-state index in [1.807, 2.05) is 6.07 Å². The normalized spacial score (nSPS) is 17.2. The molecule has 1 aliphatic rings. The lowest BCUT2D eigenvalue weighted by Gasteiger charge is -2.22. The highest BCUT2D eigenvalue weighted by Crippen LogP contribution is 2.23. The van der Waals surface area contributed by atoms with Crippen molar-refractivity contribution in [2.75, 3.05) is 19.8 Å². The van der Waals surface area contributed by atoms with Crippen LogP contribution < -0.4 is 5.32 Å². The van der Waals surface area contributed by atoms with E-state index in [4.69, 9.17) is 4.74 Å². The molecular weight excluding hydrogens is 240 g/mol. The van der Waals surface area contributed by atoms with Gasteiger partial charge in [0.15, 0.2) is 0 Å². The molecule has 0 atom stereocenters. The van der Waals surface area contributed by atoms with Gasteiger partial charge in [0.25, 0.3) is 0 Å². The molecule has 0 aliphatic carbocycles. The molecule has 1 N–H and O–H groups in total. The minimum absolute atomic E-state index is 0.216. The van der Waals surface area contributed by atoms with Gasteiger partial charge in [-0.05, 0) is 31.4 Å². The van der Waals surface area contributed by atoms with Gasteiger partial charge in [0.1, 0.15) is 0 Å². The number of hydrogen-bond donors (Lipinski definition) is 1. The summed E-state index contributed by atoms with van der Waals surface area (Å²) in [6, 6.07) is 3.38. The van der Waals surface area contributed by atoms with E-state index >= 15 is 0 Å². The SMILES string of the molecule is O=[N+]([O-])c1ccc(CNCC2CCOCC2)s1. The van der Waals surface area contributed by atoms with Gasteiger partial charge in [-0.1, -0.05) is 11.3 Å². The van der Waals surface area contributed by atoms with Gasteiger partial charge < -0.3 is 10.1 Å². The highest BCUT2D eigenvalue weighted by molar-refractivity contribution is 7.15. The number of nitrogens with one attached hydrogen (secondary N) is 1. The first-order valence-corrected chi connectivity index (χ1v) is 6.59. The molecule has 1 saturated heterocycles. The predicted molar refractivity (Wildman–Crippen MR) is 66.2 cm³/mol. The molecule has 0 spiro atoms. The Bertz CT molecular complexity index is 375. The molecule has 2 rings (SSSR count). The zero-order chi connectivity index (χ0) is 12.1. The van der Waals surface area contributed by atoms with Crippen LogP contribution in [0.2, 0.25) is 0 Å². The lowest BCUT2D eigenvalue weighted by atomic mass is 10.0. The Balaban J connectivity index is 1.71. The van der Waals surface area contributed by atoms with Crippen molar-refractivity contribution < 1.29 is 9.66 Å². The zero-order valence-corrected chi connectivity index (χ0v) is 10.4. The van der Waals surface area contributed by atoms with Crippen LogP contribution in [0.5, 0.6) is 0 Å². The molecular formula is C11H16N2O3S. The molecule has 6 heteroatoms. The predicted octanol–water partition coefficient (Wildman–Crippen LogP) is 2.17. The monoisotopic (exact) mass is 256 g/mol. The highest BCUT2D eigenvalue weighted by Gasteiger charge is 2.14. The van der Waals surface area contributed by atoms with Gasteiger partial charge in [0, 0.05) is 30.7 Å². The van der Waals surface area contributed by atoms with Crippen molar-refractivity contribution in [1.29, 1.82) is 0 Å². The maximum absolute atomic E-state index is 10.5. The number of nitro groups is 1. The zero-order valence-electron chi connectivity index (χ0n) is 9.55. The fourth-order valence-electron chi connectivity index (χ4n) is 1.91. The Kier molecular flexibility index (Phi) is 4.47. The second-order valence-corrected chi connectivity index (χ2v) is 5.33. The molecule has 1 fully saturated rings. The largest absolute Gasteiger partial charge is 0.381 e. The van der Waals surface area contributed by atoms with Crippen LogP contribution in [0.4, 0.5) is 5.00 Å². The summed E-state index contributed by atoms with van der Waals surface area (Å²) in [6.07, 6.45) is 2.22. The summed E-state index contributed by atoms with van der Waals surface area (Å²) >= 11 is 1.24. The van der Waals surface area contributed by atoms with E-state index in [1.165, 1.54) is 11.3 Å². The van der Waals surface area contributed by atoms with Crippen molar-refractivity contribution >= 4 is 16.3 Å². The molecule has 0 bridgehead atoms. The third kappa shape index (κ3) is 3.76. The number of ether oxygens (including phenoxy) is 1. The first kappa shape index (κ1) is 12.5. The Labute approximate surface area is 104 Å². The van der Waals surface area contributed by atoms with Gasteiger partial charge >= 0.3 is 5.00 Å². The minimum atomic E-state index is -0.341. The quantitative estimate of drug-likeness (QED) is 0.647. The maximum atomic E-state index is 10.5. The highest BCUT2D eigenvalue weighted by atomic mass is 32.1. The molecule has 0 aromatic carbocycles. The van der Waals surface area contributed by atoms with E-state index in [-0.39, 0.29) is 9.92 Å². The van der Waals surface area contributed by atoms with Gasteiger partial charge in [-0.2, -0.15) is 0 Å². The molecule has 0 unspecified atom stereocenters. The summed E-state index contributed by atoms with van der Waals surface area (Å²) in [5.74, 6) is 0.679. The Hall–Kier alpha value is -0.980. The molecule has 0 amide bonds. The van der Waals surface area contributed by atoms with Gasteiger partial charge in [0.05, 0.1) is 4.92 Å². The van der Waals surface area contributed by atoms with Gasteiger partial charge in [-0.25, -0.2) is 0 Å². The van der Waals surface area contributed by atoms with E-state index in [9.17, 15) is 10.1 Å². The molecule has 94 valence electrons. The van der Waals surface area contributed by atoms with Gasteiger partial charge in [-0.15, -0.1) is 0 Å².